The van der Waals surface area contributed by atoms with Crippen LogP contribution in [0.4, 0.5) is 10.1 Å². The average Bonchev–Trinajstić information content (AvgIpc) is 2.51. The van der Waals surface area contributed by atoms with E-state index in [-0.39, 0.29) is 17.5 Å². The highest BCUT2D eigenvalue weighted by atomic mass is 35.5. The fraction of sp³-hybridized carbons (Fsp3) is 0.235. The van der Waals surface area contributed by atoms with Crippen molar-refractivity contribution in [3.05, 3.63) is 58.4 Å². The summed E-state index contributed by atoms with van der Waals surface area (Å²) in [5.74, 6) is 0.912. The molecule has 0 aliphatic heterocycles. The van der Waals surface area contributed by atoms with Crippen LogP contribution >= 0.6 is 23.4 Å². The number of thioether (sulfide) groups is 1. The maximum absolute atomic E-state index is 13.3. The number of carbonyl (C=O) groups excluding carboxylic acids is 1. The summed E-state index contributed by atoms with van der Waals surface area (Å²) in [6, 6.07) is 9.70. The normalized spacial score (nSPS) is 10.4. The van der Waals surface area contributed by atoms with E-state index in [0.29, 0.717) is 22.2 Å². The summed E-state index contributed by atoms with van der Waals surface area (Å²) < 4.78 is 18.5. The van der Waals surface area contributed by atoms with Gasteiger partial charge in [0.25, 0.3) is 0 Å². The molecule has 0 fully saturated rings. The SMILES string of the molecule is COc1ccc(F)cc1CSCC(=O)Nc1cc(Cl)ccc1C. The highest BCUT2D eigenvalue weighted by Crippen LogP contribution is 2.25. The fourth-order valence-corrected chi connectivity index (χ4v) is 3.01. The molecule has 0 heterocycles. The van der Waals surface area contributed by atoms with Gasteiger partial charge in [0.2, 0.25) is 5.91 Å². The maximum Gasteiger partial charge on any atom is 0.234 e. The molecule has 3 nitrogen and oxygen atoms in total. The highest BCUT2D eigenvalue weighted by Gasteiger charge is 2.08. The van der Waals surface area contributed by atoms with Crippen molar-refractivity contribution in [1.82, 2.24) is 0 Å². The second-order valence-electron chi connectivity index (χ2n) is 4.96. The monoisotopic (exact) mass is 353 g/mol. The summed E-state index contributed by atoms with van der Waals surface area (Å²) in [5, 5.41) is 3.40. The molecule has 0 atom stereocenters. The minimum atomic E-state index is -0.319. The third kappa shape index (κ3) is 5.15. The summed E-state index contributed by atoms with van der Waals surface area (Å²) in [6.45, 7) is 1.90. The number of methoxy groups -OCH3 is 1. The molecule has 23 heavy (non-hydrogen) atoms. The van der Waals surface area contributed by atoms with Gasteiger partial charge in [-0.15, -0.1) is 11.8 Å². The van der Waals surface area contributed by atoms with Crippen molar-refractivity contribution in [2.24, 2.45) is 0 Å². The lowest BCUT2D eigenvalue weighted by molar-refractivity contribution is -0.113. The van der Waals surface area contributed by atoms with Crippen molar-refractivity contribution < 1.29 is 13.9 Å². The van der Waals surface area contributed by atoms with Gasteiger partial charge in [0.05, 0.1) is 12.9 Å². The molecule has 122 valence electrons. The van der Waals surface area contributed by atoms with Crippen LogP contribution in [0, 0.1) is 12.7 Å². The predicted octanol–water partition coefficient (Wildman–Crippen LogP) is 4.67. The van der Waals surface area contributed by atoms with Crippen LogP contribution in [0.3, 0.4) is 0 Å². The Morgan fingerprint density at radius 3 is 2.83 bits per heavy atom. The Bertz CT molecular complexity index is 709. The van der Waals surface area contributed by atoms with E-state index in [0.717, 1.165) is 11.1 Å². The van der Waals surface area contributed by atoms with Gasteiger partial charge in [-0.05, 0) is 42.8 Å². The number of anilines is 1. The van der Waals surface area contributed by atoms with E-state index in [1.165, 1.54) is 31.0 Å². The number of amides is 1. The molecule has 0 unspecified atom stereocenters. The van der Waals surface area contributed by atoms with Crippen molar-refractivity contribution in [2.75, 3.05) is 18.2 Å². The highest BCUT2D eigenvalue weighted by molar-refractivity contribution is 7.99. The molecule has 1 amide bonds. The van der Waals surface area contributed by atoms with Crippen LogP contribution < -0.4 is 10.1 Å². The molecule has 0 radical (unpaired) electrons. The smallest absolute Gasteiger partial charge is 0.234 e. The first kappa shape index (κ1) is 17.6. The van der Waals surface area contributed by atoms with E-state index in [2.05, 4.69) is 5.32 Å². The number of carbonyl (C=O) groups is 1. The van der Waals surface area contributed by atoms with Gasteiger partial charge in [-0.25, -0.2) is 4.39 Å². The topological polar surface area (TPSA) is 38.3 Å². The van der Waals surface area contributed by atoms with Crippen LogP contribution in [-0.4, -0.2) is 18.8 Å². The van der Waals surface area contributed by atoms with Crippen LogP contribution in [-0.2, 0) is 10.5 Å². The molecular weight excluding hydrogens is 337 g/mol. The summed E-state index contributed by atoms with van der Waals surface area (Å²) in [7, 11) is 1.54. The van der Waals surface area contributed by atoms with E-state index in [4.69, 9.17) is 16.3 Å². The number of hydrogen-bond acceptors (Lipinski definition) is 3. The molecule has 6 heteroatoms. The van der Waals surface area contributed by atoms with E-state index >= 15 is 0 Å². The summed E-state index contributed by atoms with van der Waals surface area (Å²) in [4.78, 5) is 12.0. The first-order valence-electron chi connectivity index (χ1n) is 6.95. The number of ether oxygens (including phenoxy) is 1. The third-order valence-corrected chi connectivity index (χ3v) is 4.42. The molecule has 0 saturated heterocycles. The third-order valence-electron chi connectivity index (χ3n) is 3.21. The lowest BCUT2D eigenvalue weighted by atomic mass is 10.2. The molecule has 2 rings (SSSR count). The zero-order valence-electron chi connectivity index (χ0n) is 12.9. The molecular formula is C17H17ClFNO2S. The van der Waals surface area contributed by atoms with Gasteiger partial charge in [-0.3, -0.25) is 4.79 Å². The minimum Gasteiger partial charge on any atom is -0.496 e. The number of aryl methyl sites for hydroxylation is 1. The summed E-state index contributed by atoms with van der Waals surface area (Å²) in [5.41, 5.74) is 2.37. The molecule has 0 saturated carbocycles. The number of hydrogen-bond donors (Lipinski definition) is 1. The zero-order chi connectivity index (χ0) is 16.8. The summed E-state index contributed by atoms with van der Waals surface area (Å²) >= 11 is 7.32. The van der Waals surface area contributed by atoms with Gasteiger partial charge in [0, 0.05) is 22.0 Å². The Hall–Kier alpha value is -1.72. The van der Waals surface area contributed by atoms with Crippen molar-refractivity contribution in [2.45, 2.75) is 12.7 Å². The Kier molecular flexibility index (Phi) is 6.30. The molecule has 0 aromatic heterocycles. The van der Waals surface area contributed by atoms with Crippen LogP contribution in [0.1, 0.15) is 11.1 Å². The standard InChI is InChI=1S/C17H17ClFNO2S/c1-11-3-4-13(18)8-15(11)20-17(21)10-23-9-12-7-14(19)5-6-16(12)22-2/h3-8H,9-10H2,1-2H3,(H,20,21). The lowest BCUT2D eigenvalue weighted by Gasteiger charge is -2.10. The zero-order valence-corrected chi connectivity index (χ0v) is 14.4. The minimum absolute atomic E-state index is 0.129. The number of rotatable bonds is 6. The van der Waals surface area contributed by atoms with Crippen LogP contribution in [0.25, 0.3) is 0 Å². The molecule has 0 aliphatic carbocycles. The fourth-order valence-electron chi connectivity index (χ4n) is 2.03. The van der Waals surface area contributed by atoms with Crippen LogP contribution in [0.5, 0.6) is 5.75 Å². The molecule has 2 aromatic rings. The first-order valence-corrected chi connectivity index (χ1v) is 8.49. The van der Waals surface area contributed by atoms with Crippen molar-refractivity contribution in [3.8, 4) is 5.75 Å². The predicted molar refractivity (Wildman–Crippen MR) is 93.9 cm³/mol. The molecule has 0 spiro atoms. The van der Waals surface area contributed by atoms with Crippen molar-refractivity contribution in [1.29, 1.82) is 0 Å². The molecule has 2 aromatic carbocycles. The summed E-state index contributed by atoms with van der Waals surface area (Å²) in [6.07, 6.45) is 0. The van der Waals surface area contributed by atoms with Crippen LogP contribution in [0.2, 0.25) is 5.02 Å². The Labute approximate surface area is 144 Å². The second-order valence-corrected chi connectivity index (χ2v) is 6.38. The number of benzene rings is 2. The quantitative estimate of drug-likeness (QED) is 0.820. The molecule has 1 N–H and O–H groups in total. The van der Waals surface area contributed by atoms with E-state index in [1.54, 1.807) is 18.2 Å². The van der Waals surface area contributed by atoms with Gasteiger partial charge >= 0.3 is 0 Å². The van der Waals surface area contributed by atoms with E-state index in [9.17, 15) is 9.18 Å². The van der Waals surface area contributed by atoms with E-state index in [1.807, 2.05) is 13.0 Å². The second kappa shape index (κ2) is 8.22. The Morgan fingerprint density at radius 2 is 2.09 bits per heavy atom. The van der Waals surface area contributed by atoms with E-state index < -0.39 is 0 Å². The number of halogens is 2. The Morgan fingerprint density at radius 1 is 1.30 bits per heavy atom. The Balaban J connectivity index is 1.90. The van der Waals surface area contributed by atoms with Crippen molar-refractivity contribution in [3.63, 3.8) is 0 Å². The molecule has 0 bridgehead atoms. The van der Waals surface area contributed by atoms with Gasteiger partial charge in [0.1, 0.15) is 11.6 Å². The number of nitrogens with one attached hydrogen (secondary N) is 1. The van der Waals surface area contributed by atoms with Gasteiger partial charge in [-0.2, -0.15) is 0 Å². The first-order chi connectivity index (χ1) is 11.0. The van der Waals surface area contributed by atoms with Gasteiger partial charge < -0.3 is 10.1 Å². The maximum atomic E-state index is 13.3. The van der Waals surface area contributed by atoms with Crippen LogP contribution in [0.15, 0.2) is 36.4 Å². The van der Waals surface area contributed by atoms with Gasteiger partial charge in [0.15, 0.2) is 0 Å². The average molecular weight is 354 g/mol. The molecule has 0 aliphatic rings. The van der Waals surface area contributed by atoms with Gasteiger partial charge in [-0.1, -0.05) is 17.7 Å². The van der Waals surface area contributed by atoms with Crippen molar-refractivity contribution >= 4 is 35.0 Å². The largest absolute Gasteiger partial charge is 0.496 e. The lowest BCUT2D eigenvalue weighted by Crippen LogP contribution is -2.15.